The molecule has 0 aromatic carbocycles. The summed E-state index contributed by atoms with van der Waals surface area (Å²) < 4.78 is 0. The molecule has 1 rings (SSSR count). The Kier molecular flexibility index (Phi) is 5.86. The number of aliphatic hydroxyl groups excluding tert-OH is 1. The van der Waals surface area contributed by atoms with Gasteiger partial charge in [-0.2, -0.15) is 0 Å². The van der Waals surface area contributed by atoms with Crippen molar-refractivity contribution in [2.24, 2.45) is 0 Å². The molecule has 0 aromatic rings. The van der Waals surface area contributed by atoms with Gasteiger partial charge in [-0.25, -0.2) is 0 Å². The predicted molar refractivity (Wildman–Crippen MR) is 72.3 cm³/mol. The minimum absolute atomic E-state index is 0.164. The standard InChI is InChI=1S/C13H29N3O/c1-5-14-13(4,11-17)10-15-7-8-16(6-2)12(3)9-15/h12,14,17H,5-11H2,1-4H3. The number of piperazine rings is 1. The van der Waals surface area contributed by atoms with Crippen LogP contribution in [0.25, 0.3) is 0 Å². The molecular weight excluding hydrogens is 214 g/mol. The van der Waals surface area contributed by atoms with Crippen molar-refractivity contribution in [3.05, 3.63) is 0 Å². The smallest absolute Gasteiger partial charge is 0.0623 e. The Bertz CT molecular complexity index is 225. The molecule has 2 unspecified atom stereocenters. The first kappa shape index (κ1) is 14.9. The molecule has 0 bridgehead atoms. The summed E-state index contributed by atoms with van der Waals surface area (Å²) in [6.45, 7) is 15.2. The van der Waals surface area contributed by atoms with Gasteiger partial charge in [0.2, 0.25) is 0 Å². The molecule has 0 amide bonds. The van der Waals surface area contributed by atoms with Crippen LogP contribution in [0.1, 0.15) is 27.7 Å². The molecular formula is C13H29N3O. The molecule has 0 spiro atoms. The van der Waals surface area contributed by atoms with Gasteiger partial charge in [-0.3, -0.25) is 9.80 Å². The third-order valence-corrected chi connectivity index (χ3v) is 3.78. The molecule has 0 saturated carbocycles. The van der Waals surface area contributed by atoms with Crippen LogP contribution in [0.3, 0.4) is 0 Å². The van der Waals surface area contributed by atoms with Gasteiger partial charge >= 0.3 is 0 Å². The van der Waals surface area contributed by atoms with Crippen LogP contribution >= 0.6 is 0 Å². The summed E-state index contributed by atoms with van der Waals surface area (Å²) in [6.07, 6.45) is 0. The van der Waals surface area contributed by atoms with Gasteiger partial charge in [0.15, 0.2) is 0 Å². The molecule has 0 aliphatic carbocycles. The summed E-state index contributed by atoms with van der Waals surface area (Å²) in [5.74, 6) is 0. The number of hydrogen-bond acceptors (Lipinski definition) is 4. The average Bonchev–Trinajstić information content (AvgIpc) is 2.29. The second-order valence-electron chi connectivity index (χ2n) is 5.46. The van der Waals surface area contributed by atoms with Gasteiger partial charge in [0.25, 0.3) is 0 Å². The number of nitrogens with one attached hydrogen (secondary N) is 1. The van der Waals surface area contributed by atoms with Crippen LogP contribution in [0.15, 0.2) is 0 Å². The van der Waals surface area contributed by atoms with Crippen LogP contribution in [-0.4, -0.2) is 72.4 Å². The van der Waals surface area contributed by atoms with Gasteiger partial charge in [-0.1, -0.05) is 13.8 Å². The third kappa shape index (κ3) is 4.21. The Morgan fingerprint density at radius 3 is 2.53 bits per heavy atom. The van der Waals surface area contributed by atoms with Crippen LogP contribution in [0.5, 0.6) is 0 Å². The van der Waals surface area contributed by atoms with E-state index in [0.717, 1.165) is 39.3 Å². The van der Waals surface area contributed by atoms with Gasteiger partial charge in [-0.05, 0) is 26.9 Å². The number of nitrogens with zero attached hydrogens (tertiary/aromatic N) is 2. The van der Waals surface area contributed by atoms with Crippen LogP contribution in [0, 0.1) is 0 Å². The van der Waals surface area contributed by atoms with Crippen LogP contribution in [0.4, 0.5) is 0 Å². The average molecular weight is 243 g/mol. The molecule has 1 heterocycles. The van der Waals surface area contributed by atoms with Crippen LogP contribution < -0.4 is 5.32 Å². The van der Waals surface area contributed by atoms with Crippen molar-refractivity contribution in [3.8, 4) is 0 Å². The second kappa shape index (κ2) is 6.69. The van der Waals surface area contributed by atoms with Gasteiger partial charge in [-0.15, -0.1) is 0 Å². The molecule has 4 nitrogen and oxygen atoms in total. The first-order valence-corrected chi connectivity index (χ1v) is 6.87. The number of aliphatic hydroxyl groups is 1. The summed E-state index contributed by atoms with van der Waals surface area (Å²) in [5.41, 5.74) is -0.164. The highest BCUT2D eigenvalue weighted by atomic mass is 16.3. The molecule has 1 aliphatic rings. The normalized spacial score (nSPS) is 27.0. The van der Waals surface area contributed by atoms with Crippen molar-refractivity contribution in [2.45, 2.75) is 39.3 Å². The SMILES string of the molecule is CCNC(C)(CO)CN1CCN(CC)C(C)C1. The van der Waals surface area contributed by atoms with Crippen molar-refractivity contribution >= 4 is 0 Å². The van der Waals surface area contributed by atoms with Gasteiger partial charge < -0.3 is 10.4 Å². The topological polar surface area (TPSA) is 38.7 Å². The van der Waals surface area contributed by atoms with E-state index in [9.17, 15) is 5.11 Å². The van der Waals surface area contributed by atoms with Crippen molar-refractivity contribution in [1.82, 2.24) is 15.1 Å². The summed E-state index contributed by atoms with van der Waals surface area (Å²) >= 11 is 0. The lowest BCUT2D eigenvalue weighted by Gasteiger charge is -2.43. The molecule has 0 aromatic heterocycles. The number of hydrogen-bond donors (Lipinski definition) is 2. The molecule has 17 heavy (non-hydrogen) atoms. The maximum atomic E-state index is 9.51. The molecule has 0 radical (unpaired) electrons. The highest BCUT2D eigenvalue weighted by Crippen LogP contribution is 2.13. The molecule has 102 valence electrons. The van der Waals surface area contributed by atoms with Crippen molar-refractivity contribution < 1.29 is 5.11 Å². The van der Waals surface area contributed by atoms with E-state index in [1.54, 1.807) is 0 Å². The minimum Gasteiger partial charge on any atom is -0.394 e. The van der Waals surface area contributed by atoms with Crippen LogP contribution in [-0.2, 0) is 0 Å². The van der Waals surface area contributed by atoms with E-state index in [1.807, 2.05) is 0 Å². The monoisotopic (exact) mass is 243 g/mol. The fourth-order valence-corrected chi connectivity index (χ4v) is 2.77. The van der Waals surface area contributed by atoms with E-state index >= 15 is 0 Å². The number of likely N-dealkylation sites (N-methyl/N-ethyl adjacent to an activating group) is 2. The molecule has 4 heteroatoms. The maximum Gasteiger partial charge on any atom is 0.0623 e. The summed E-state index contributed by atoms with van der Waals surface area (Å²) in [7, 11) is 0. The first-order valence-electron chi connectivity index (χ1n) is 6.87. The highest BCUT2D eigenvalue weighted by molar-refractivity contribution is 4.89. The molecule has 2 N–H and O–H groups in total. The van der Waals surface area contributed by atoms with Gasteiger partial charge in [0.05, 0.1) is 12.1 Å². The zero-order valence-corrected chi connectivity index (χ0v) is 11.9. The Morgan fingerprint density at radius 1 is 1.35 bits per heavy atom. The Balaban J connectivity index is 2.47. The summed E-state index contributed by atoms with van der Waals surface area (Å²) in [6, 6.07) is 0.623. The van der Waals surface area contributed by atoms with Crippen molar-refractivity contribution in [2.75, 3.05) is 45.9 Å². The third-order valence-electron chi connectivity index (χ3n) is 3.78. The lowest BCUT2D eigenvalue weighted by molar-refractivity contribution is 0.0531. The predicted octanol–water partition coefficient (Wildman–Crippen LogP) is 0.373. The first-order chi connectivity index (χ1) is 8.04. The minimum atomic E-state index is -0.164. The van der Waals surface area contributed by atoms with E-state index in [0.29, 0.717) is 6.04 Å². The summed E-state index contributed by atoms with van der Waals surface area (Å²) in [5, 5.41) is 12.9. The second-order valence-corrected chi connectivity index (χ2v) is 5.46. The van der Waals surface area contributed by atoms with E-state index in [-0.39, 0.29) is 12.1 Å². The lowest BCUT2D eigenvalue weighted by Crippen LogP contribution is -2.59. The molecule has 1 fully saturated rings. The maximum absolute atomic E-state index is 9.51. The Morgan fingerprint density at radius 2 is 2.06 bits per heavy atom. The molecule has 1 saturated heterocycles. The van der Waals surface area contributed by atoms with E-state index in [2.05, 4.69) is 42.8 Å². The van der Waals surface area contributed by atoms with Gasteiger partial charge in [0, 0.05) is 32.2 Å². The van der Waals surface area contributed by atoms with E-state index in [1.165, 1.54) is 0 Å². The quantitative estimate of drug-likeness (QED) is 0.707. The van der Waals surface area contributed by atoms with Gasteiger partial charge in [0.1, 0.15) is 0 Å². The fourth-order valence-electron chi connectivity index (χ4n) is 2.77. The molecule has 1 aliphatic heterocycles. The summed E-state index contributed by atoms with van der Waals surface area (Å²) in [4.78, 5) is 4.98. The zero-order chi connectivity index (χ0) is 12.9. The fraction of sp³-hybridized carbons (Fsp3) is 1.00. The zero-order valence-electron chi connectivity index (χ0n) is 11.9. The van der Waals surface area contributed by atoms with Crippen molar-refractivity contribution in [3.63, 3.8) is 0 Å². The van der Waals surface area contributed by atoms with E-state index < -0.39 is 0 Å². The van der Waals surface area contributed by atoms with Crippen molar-refractivity contribution in [1.29, 1.82) is 0 Å². The lowest BCUT2D eigenvalue weighted by atomic mass is 10.0. The van der Waals surface area contributed by atoms with E-state index in [4.69, 9.17) is 0 Å². The molecule has 2 atom stereocenters. The Labute approximate surface area is 106 Å². The largest absolute Gasteiger partial charge is 0.394 e. The Hall–Kier alpha value is -0.160. The highest BCUT2D eigenvalue weighted by Gasteiger charge is 2.29. The van der Waals surface area contributed by atoms with Crippen LogP contribution in [0.2, 0.25) is 0 Å². The number of rotatable bonds is 6.